The lowest BCUT2D eigenvalue weighted by atomic mass is 10.4. The van der Waals surface area contributed by atoms with Crippen molar-refractivity contribution < 1.29 is 19.0 Å². The second-order valence-electron chi connectivity index (χ2n) is 3.69. The maximum atomic E-state index is 11.3. The largest absolute Gasteiger partial charge is 0.465 e. The van der Waals surface area contributed by atoms with E-state index in [1.807, 2.05) is 11.8 Å². The van der Waals surface area contributed by atoms with Gasteiger partial charge in [-0.1, -0.05) is 6.92 Å². The predicted octanol–water partition coefficient (Wildman–Crippen LogP) is 0.925. The van der Waals surface area contributed by atoms with Crippen LogP contribution in [0.4, 0.5) is 0 Å². The van der Waals surface area contributed by atoms with Gasteiger partial charge in [-0.3, -0.25) is 9.69 Å². The molecule has 5 heteroatoms. The Morgan fingerprint density at radius 3 is 2.47 bits per heavy atom. The minimum Gasteiger partial charge on any atom is -0.465 e. The zero-order valence-electron chi connectivity index (χ0n) is 11.2. The molecule has 0 rings (SSSR count). The molecule has 0 N–H and O–H groups in total. The van der Waals surface area contributed by atoms with Crippen LogP contribution in [-0.4, -0.2) is 64.0 Å². The molecule has 0 spiro atoms. The van der Waals surface area contributed by atoms with Gasteiger partial charge in [0.2, 0.25) is 0 Å². The molecule has 0 aromatic carbocycles. The van der Waals surface area contributed by atoms with E-state index >= 15 is 0 Å². The first-order valence-corrected chi connectivity index (χ1v) is 6.19. The Bertz CT molecular complexity index is 187. The number of nitrogens with zero attached hydrogens (tertiary/aromatic N) is 1. The van der Waals surface area contributed by atoms with Gasteiger partial charge in [0.25, 0.3) is 0 Å². The van der Waals surface area contributed by atoms with Crippen molar-refractivity contribution >= 4 is 5.97 Å². The van der Waals surface area contributed by atoms with Gasteiger partial charge in [0.05, 0.1) is 33.0 Å². The molecule has 0 aromatic rings. The van der Waals surface area contributed by atoms with E-state index in [-0.39, 0.29) is 5.97 Å². The zero-order chi connectivity index (χ0) is 12.9. The molecule has 0 aliphatic rings. The molecular weight excluding hydrogens is 222 g/mol. The lowest BCUT2D eigenvalue weighted by Gasteiger charge is -2.20. The Labute approximate surface area is 104 Å². The Hall–Kier alpha value is -0.650. The lowest BCUT2D eigenvalue weighted by Crippen LogP contribution is -2.34. The van der Waals surface area contributed by atoms with Crippen molar-refractivity contribution in [3.8, 4) is 0 Å². The van der Waals surface area contributed by atoms with Crippen LogP contribution >= 0.6 is 0 Å². The first kappa shape index (κ1) is 16.4. The lowest BCUT2D eigenvalue weighted by molar-refractivity contribution is -0.144. The molecule has 0 fully saturated rings. The maximum Gasteiger partial charge on any atom is 0.320 e. The van der Waals surface area contributed by atoms with E-state index in [1.54, 1.807) is 7.11 Å². The monoisotopic (exact) mass is 247 g/mol. The molecule has 0 unspecified atom stereocenters. The summed E-state index contributed by atoms with van der Waals surface area (Å²) in [6.07, 6.45) is 1.01. The summed E-state index contributed by atoms with van der Waals surface area (Å²) in [5, 5.41) is 0. The normalized spacial score (nSPS) is 10.8. The van der Waals surface area contributed by atoms with Crippen molar-refractivity contribution in [1.82, 2.24) is 4.90 Å². The Morgan fingerprint density at radius 2 is 1.88 bits per heavy atom. The first-order chi connectivity index (χ1) is 8.24. The first-order valence-electron chi connectivity index (χ1n) is 6.19. The van der Waals surface area contributed by atoms with E-state index in [1.165, 1.54) is 0 Å². The van der Waals surface area contributed by atoms with Crippen molar-refractivity contribution in [3.05, 3.63) is 0 Å². The van der Waals surface area contributed by atoms with Gasteiger partial charge < -0.3 is 14.2 Å². The molecule has 0 amide bonds. The number of esters is 1. The summed E-state index contributed by atoms with van der Waals surface area (Å²) < 4.78 is 15.2. The molecule has 0 bridgehead atoms. The molecule has 0 aromatic heterocycles. The number of hydrogen-bond acceptors (Lipinski definition) is 5. The quantitative estimate of drug-likeness (QED) is 0.401. The second-order valence-corrected chi connectivity index (χ2v) is 3.69. The molecule has 0 radical (unpaired) electrons. The molecule has 17 heavy (non-hydrogen) atoms. The molecular formula is C12H25NO4. The van der Waals surface area contributed by atoms with Gasteiger partial charge in [0, 0.05) is 13.7 Å². The summed E-state index contributed by atoms with van der Waals surface area (Å²) in [5.41, 5.74) is 0. The molecule has 0 aliphatic carbocycles. The zero-order valence-corrected chi connectivity index (χ0v) is 11.2. The van der Waals surface area contributed by atoms with E-state index < -0.39 is 0 Å². The van der Waals surface area contributed by atoms with Crippen LogP contribution in [0.1, 0.15) is 20.3 Å². The molecule has 102 valence electrons. The van der Waals surface area contributed by atoms with Crippen molar-refractivity contribution in [3.63, 3.8) is 0 Å². The predicted molar refractivity (Wildman–Crippen MR) is 66.1 cm³/mol. The summed E-state index contributed by atoms with van der Waals surface area (Å²) in [6.45, 7) is 8.12. The van der Waals surface area contributed by atoms with Crippen molar-refractivity contribution in [2.75, 3.05) is 53.2 Å². The summed E-state index contributed by atoms with van der Waals surface area (Å²) in [4.78, 5) is 13.4. The Morgan fingerprint density at radius 1 is 1.12 bits per heavy atom. The third-order valence-corrected chi connectivity index (χ3v) is 2.18. The van der Waals surface area contributed by atoms with Gasteiger partial charge in [0.15, 0.2) is 0 Å². The maximum absolute atomic E-state index is 11.3. The molecule has 0 saturated heterocycles. The number of carbonyl (C=O) groups is 1. The minimum atomic E-state index is -0.169. The highest BCUT2D eigenvalue weighted by atomic mass is 16.5. The van der Waals surface area contributed by atoms with Gasteiger partial charge in [-0.25, -0.2) is 0 Å². The highest BCUT2D eigenvalue weighted by Gasteiger charge is 2.10. The highest BCUT2D eigenvalue weighted by molar-refractivity contribution is 5.71. The van der Waals surface area contributed by atoms with Gasteiger partial charge in [-0.05, 0) is 19.9 Å². The molecule has 5 nitrogen and oxygen atoms in total. The van der Waals surface area contributed by atoms with Gasteiger partial charge in [0.1, 0.15) is 0 Å². The van der Waals surface area contributed by atoms with Crippen LogP contribution in [0, 0.1) is 0 Å². The van der Waals surface area contributed by atoms with Gasteiger partial charge in [-0.15, -0.1) is 0 Å². The van der Waals surface area contributed by atoms with Crippen LogP contribution in [0.3, 0.4) is 0 Å². The molecule has 0 atom stereocenters. The van der Waals surface area contributed by atoms with E-state index in [9.17, 15) is 4.79 Å². The van der Waals surface area contributed by atoms with Crippen LogP contribution < -0.4 is 0 Å². The van der Waals surface area contributed by atoms with Gasteiger partial charge >= 0.3 is 5.97 Å². The smallest absolute Gasteiger partial charge is 0.320 e. The van der Waals surface area contributed by atoms with Crippen molar-refractivity contribution in [2.24, 2.45) is 0 Å². The number of hydrogen-bond donors (Lipinski definition) is 0. The average Bonchev–Trinajstić information content (AvgIpc) is 2.29. The van der Waals surface area contributed by atoms with Crippen LogP contribution in [-0.2, 0) is 19.0 Å². The molecule has 0 heterocycles. The Kier molecular flexibility index (Phi) is 11.4. The SMILES string of the molecule is CCCN(CCOCCOC)CC(=O)OCC. The summed E-state index contributed by atoms with van der Waals surface area (Å²) in [7, 11) is 1.65. The van der Waals surface area contributed by atoms with E-state index in [2.05, 4.69) is 6.92 Å². The van der Waals surface area contributed by atoms with Crippen LogP contribution in [0.15, 0.2) is 0 Å². The van der Waals surface area contributed by atoms with Crippen LogP contribution in [0.5, 0.6) is 0 Å². The standard InChI is InChI=1S/C12H25NO4/c1-4-6-13(11-12(14)17-5-2)7-8-16-10-9-15-3/h4-11H2,1-3H3. The Balaban J connectivity index is 3.69. The van der Waals surface area contributed by atoms with Crippen LogP contribution in [0.2, 0.25) is 0 Å². The van der Waals surface area contributed by atoms with Gasteiger partial charge in [-0.2, -0.15) is 0 Å². The molecule has 0 saturated carbocycles. The highest BCUT2D eigenvalue weighted by Crippen LogP contribution is 1.93. The topological polar surface area (TPSA) is 48.0 Å². The number of methoxy groups -OCH3 is 1. The third-order valence-electron chi connectivity index (χ3n) is 2.18. The number of rotatable bonds is 11. The fourth-order valence-electron chi connectivity index (χ4n) is 1.41. The summed E-state index contributed by atoms with van der Waals surface area (Å²) in [6, 6.07) is 0. The summed E-state index contributed by atoms with van der Waals surface area (Å²) in [5.74, 6) is -0.169. The van der Waals surface area contributed by atoms with Crippen molar-refractivity contribution in [2.45, 2.75) is 20.3 Å². The fraction of sp³-hybridized carbons (Fsp3) is 0.917. The minimum absolute atomic E-state index is 0.169. The third kappa shape index (κ3) is 10.2. The summed E-state index contributed by atoms with van der Waals surface area (Å²) >= 11 is 0. The van der Waals surface area contributed by atoms with E-state index in [4.69, 9.17) is 14.2 Å². The fourth-order valence-corrected chi connectivity index (χ4v) is 1.41. The van der Waals surface area contributed by atoms with E-state index in [0.29, 0.717) is 33.0 Å². The second kappa shape index (κ2) is 11.8. The van der Waals surface area contributed by atoms with Crippen LogP contribution in [0.25, 0.3) is 0 Å². The van der Waals surface area contributed by atoms with E-state index in [0.717, 1.165) is 19.5 Å². The number of ether oxygens (including phenoxy) is 3. The number of carbonyl (C=O) groups excluding carboxylic acids is 1. The van der Waals surface area contributed by atoms with Crippen molar-refractivity contribution in [1.29, 1.82) is 0 Å². The average molecular weight is 247 g/mol. The molecule has 0 aliphatic heterocycles.